The van der Waals surface area contributed by atoms with Crippen molar-refractivity contribution in [2.75, 3.05) is 19.6 Å². The zero-order valence-electron chi connectivity index (χ0n) is 11.0. The van der Waals surface area contributed by atoms with Crippen molar-refractivity contribution < 1.29 is 9.90 Å². The van der Waals surface area contributed by atoms with Crippen LogP contribution in [0, 0.1) is 0 Å². The first-order valence-corrected chi connectivity index (χ1v) is 7.42. The van der Waals surface area contributed by atoms with Crippen molar-refractivity contribution >= 4 is 21.8 Å². The number of piperidine rings is 1. The molecule has 0 saturated carbocycles. The quantitative estimate of drug-likeness (QED) is 0.896. The van der Waals surface area contributed by atoms with Gasteiger partial charge in [-0.25, -0.2) is 0 Å². The molecule has 1 aliphatic heterocycles. The van der Waals surface area contributed by atoms with Gasteiger partial charge >= 0.3 is 0 Å². The highest BCUT2D eigenvalue weighted by molar-refractivity contribution is 9.10. The Morgan fingerprint density at radius 3 is 2.74 bits per heavy atom. The van der Waals surface area contributed by atoms with Crippen LogP contribution in [0.2, 0.25) is 0 Å². The zero-order chi connectivity index (χ0) is 13.8. The van der Waals surface area contributed by atoms with Crippen LogP contribution >= 0.6 is 15.9 Å². The van der Waals surface area contributed by atoms with E-state index in [1.807, 2.05) is 4.90 Å². The van der Waals surface area contributed by atoms with Gasteiger partial charge in [0.1, 0.15) is 5.75 Å². The molecule has 0 radical (unpaired) electrons. The van der Waals surface area contributed by atoms with Crippen molar-refractivity contribution in [1.82, 2.24) is 10.2 Å². The van der Waals surface area contributed by atoms with E-state index in [-0.39, 0.29) is 11.7 Å². The van der Waals surface area contributed by atoms with Crippen LogP contribution in [0.25, 0.3) is 0 Å². The van der Waals surface area contributed by atoms with Crippen molar-refractivity contribution in [1.29, 1.82) is 0 Å². The first kappa shape index (κ1) is 14.3. The largest absolute Gasteiger partial charge is 0.507 e. The average molecular weight is 327 g/mol. The molecule has 1 heterocycles. The standard InChI is InChI=1S/C14H19BrN2O2/c1-2-16-11-5-7-17(8-6-11)14(19)12-4-3-10(15)9-13(12)18/h3-4,9,11,16,18H,2,5-8H2,1H3. The second-order valence-electron chi connectivity index (χ2n) is 4.79. The maximum atomic E-state index is 12.3. The van der Waals surface area contributed by atoms with Crippen LogP contribution < -0.4 is 5.32 Å². The van der Waals surface area contributed by atoms with Crippen LogP contribution in [-0.4, -0.2) is 41.6 Å². The number of hydrogen-bond acceptors (Lipinski definition) is 3. The molecule has 0 unspecified atom stereocenters. The highest BCUT2D eigenvalue weighted by atomic mass is 79.9. The van der Waals surface area contributed by atoms with Crippen molar-refractivity contribution in [2.24, 2.45) is 0 Å². The van der Waals surface area contributed by atoms with Crippen molar-refractivity contribution in [3.05, 3.63) is 28.2 Å². The normalized spacial score (nSPS) is 16.6. The Morgan fingerprint density at radius 2 is 2.16 bits per heavy atom. The number of carbonyl (C=O) groups is 1. The first-order chi connectivity index (χ1) is 9.11. The lowest BCUT2D eigenvalue weighted by molar-refractivity contribution is 0.0703. The summed E-state index contributed by atoms with van der Waals surface area (Å²) in [4.78, 5) is 14.1. The Kier molecular flexibility index (Phi) is 4.82. The Balaban J connectivity index is 2.01. The topological polar surface area (TPSA) is 52.6 Å². The van der Waals surface area contributed by atoms with Crippen LogP contribution in [-0.2, 0) is 0 Å². The average Bonchev–Trinajstić information content (AvgIpc) is 2.39. The molecule has 2 rings (SSSR count). The molecule has 2 N–H and O–H groups in total. The van der Waals surface area contributed by atoms with E-state index < -0.39 is 0 Å². The molecule has 0 atom stereocenters. The molecule has 1 saturated heterocycles. The summed E-state index contributed by atoms with van der Waals surface area (Å²) in [6.45, 7) is 4.54. The first-order valence-electron chi connectivity index (χ1n) is 6.63. The Bertz CT molecular complexity index is 457. The van der Waals surface area contributed by atoms with Crippen molar-refractivity contribution in [2.45, 2.75) is 25.8 Å². The molecule has 1 aliphatic rings. The number of halogens is 1. The van der Waals surface area contributed by atoms with E-state index in [0.29, 0.717) is 11.6 Å². The minimum Gasteiger partial charge on any atom is -0.507 e. The van der Waals surface area contributed by atoms with Crippen molar-refractivity contribution in [3.8, 4) is 5.75 Å². The molecule has 5 heteroatoms. The smallest absolute Gasteiger partial charge is 0.257 e. The van der Waals surface area contributed by atoms with E-state index in [1.165, 1.54) is 0 Å². The molecule has 0 aliphatic carbocycles. The lowest BCUT2D eigenvalue weighted by atomic mass is 10.0. The number of nitrogens with zero attached hydrogens (tertiary/aromatic N) is 1. The van der Waals surface area contributed by atoms with Crippen molar-refractivity contribution in [3.63, 3.8) is 0 Å². The van der Waals surface area contributed by atoms with E-state index >= 15 is 0 Å². The minimum absolute atomic E-state index is 0.0354. The van der Waals surface area contributed by atoms with Crippen LogP contribution in [0.4, 0.5) is 0 Å². The molecular weight excluding hydrogens is 308 g/mol. The minimum atomic E-state index is -0.0834. The van der Waals surface area contributed by atoms with E-state index in [0.717, 1.165) is 36.9 Å². The van der Waals surface area contributed by atoms with Gasteiger partial charge in [-0.15, -0.1) is 0 Å². The summed E-state index contributed by atoms with van der Waals surface area (Å²) < 4.78 is 0.771. The molecule has 0 aromatic heterocycles. The van der Waals surface area contributed by atoms with Gasteiger partial charge in [-0.1, -0.05) is 22.9 Å². The molecule has 1 aromatic carbocycles. The fraction of sp³-hybridized carbons (Fsp3) is 0.500. The lowest BCUT2D eigenvalue weighted by Gasteiger charge is -2.32. The van der Waals surface area contributed by atoms with Crippen LogP contribution in [0.5, 0.6) is 5.75 Å². The van der Waals surface area contributed by atoms with Crippen LogP contribution in [0.3, 0.4) is 0 Å². The number of phenolic OH excluding ortho intramolecular Hbond substituents is 1. The maximum Gasteiger partial charge on any atom is 0.257 e. The predicted molar refractivity (Wildman–Crippen MR) is 78.4 cm³/mol. The second kappa shape index (κ2) is 6.39. The number of benzene rings is 1. The van der Waals surface area contributed by atoms with Crippen LogP contribution in [0.1, 0.15) is 30.1 Å². The SMILES string of the molecule is CCNC1CCN(C(=O)c2ccc(Br)cc2O)CC1. The third kappa shape index (κ3) is 3.48. The number of amides is 1. The summed E-state index contributed by atoms with van der Waals surface area (Å²) in [5.41, 5.74) is 0.380. The maximum absolute atomic E-state index is 12.3. The second-order valence-corrected chi connectivity index (χ2v) is 5.70. The number of nitrogens with one attached hydrogen (secondary N) is 1. The van der Waals surface area contributed by atoms with E-state index in [4.69, 9.17) is 0 Å². The predicted octanol–water partition coefficient (Wildman–Crippen LogP) is 2.37. The summed E-state index contributed by atoms with van der Waals surface area (Å²) in [6, 6.07) is 5.50. The van der Waals surface area contributed by atoms with E-state index in [2.05, 4.69) is 28.2 Å². The van der Waals surface area contributed by atoms with Gasteiger partial charge in [-0.05, 0) is 37.6 Å². The Labute approximate surface area is 121 Å². The van der Waals surface area contributed by atoms with Gasteiger partial charge in [-0.3, -0.25) is 4.79 Å². The summed E-state index contributed by atoms with van der Waals surface area (Å²) in [5, 5.41) is 13.2. The van der Waals surface area contributed by atoms with E-state index in [1.54, 1.807) is 18.2 Å². The Morgan fingerprint density at radius 1 is 1.47 bits per heavy atom. The van der Waals surface area contributed by atoms with Gasteiger partial charge in [-0.2, -0.15) is 0 Å². The fourth-order valence-corrected chi connectivity index (χ4v) is 2.78. The Hall–Kier alpha value is -1.07. The van der Waals surface area contributed by atoms with Gasteiger partial charge in [0, 0.05) is 23.6 Å². The molecule has 0 spiro atoms. The summed E-state index contributed by atoms with van der Waals surface area (Å²) in [6.07, 6.45) is 1.94. The molecule has 0 bridgehead atoms. The third-order valence-electron chi connectivity index (χ3n) is 3.47. The number of phenols is 1. The van der Waals surface area contributed by atoms with Gasteiger partial charge in [0.2, 0.25) is 0 Å². The summed E-state index contributed by atoms with van der Waals surface area (Å²) >= 11 is 3.27. The van der Waals surface area contributed by atoms with Gasteiger partial charge < -0.3 is 15.3 Å². The number of aromatic hydroxyl groups is 1. The zero-order valence-corrected chi connectivity index (χ0v) is 12.6. The number of hydrogen-bond donors (Lipinski definition) is 2. The highest BCUT2D eigenvalue weighted by Gasteiger charge is 2.24. The fourth-order valence-electron chi connectivity index (χ4n) is 2.43. The summed E-state index contributed by atoms with van der Waals surface area (Å²) in [5.74, 6) is -0.0480. The van der Waals surface area contributed by atoms with Gasteiger partial charge in [0.15, 0.2) is 0 Å². The van der Waals surface area contributed by atoms with Crippen LogP contribution in [0.15, 0.2) is 22.7 Å². The van der Waals surface area contributed by atoms with E-state index in [9.17, 15) is 9.90 Å². The third-order valence-corrected chi connectivity index (χ3v) is 3.96. The van der Waals surface area contributed by atoms with Gasteiger partial charge in [0.05, 0.1) is 5.56 Å². The molecule has 19 heavy (non-hydrogen) atoms. The number of rotatable bonds is 3. The number of likely N-dealkylation sites (tertiary alicyclic amines) is 1. The number of carbonyl (C=O) groups excluding carboxylic acids is 1. The van der Waals surface area contributed by atoms with Gasteiger partial charge in [0.25, 0.3) is 5.91 Å². The molecule has 1 fully saturated rings. The lowest BCUT2D eigenvalue weighted by Crippen LogP contribution is -2.44. The molecule has 104 valence electrons. The molecule has 1 amide bonds. The molecule has 4 nitrogen and oxygen atoms in total. The summed E-state index contributed by atoms with van der Waals surface area (Å²) in [7, 11) is 0. The monoisotopic (exact) mass is 326 g/mol. The molecular formula is C14H19BrN2O2. The molecule has 1 aromatic rings. The highest BCUT2D eigenvalue weighted by Crippen LogP contribution is 2.24.